The second-order valence-electron chi connectivity index (χ2n) is 6.67. The highest BCUT2D eigenvalue weighted by molar-refractivity contribution is 7.10. The summed E-state index contributed by atoms with van der Waals surface area (Å²) in [5, 5.41) is 4.37. The average Bonchev–Trinajstić information content (AvgIpc) is 3.33. The van der Waals surface area contributed by atoms with Gasteiger partial charge in [-0.1, -0.05) is 6.07 Å². The van der Waals surface area contributed by atoms with Gasteiger partial charge in [-0.15, -0.1) is 22.7 Å². The van der Waals surface area contributed by atoms with Crippen molar-refractivity contribution in [1.29, 1.82) is 0 Å². The molecule has 1 aromatic carbocycles. The summed E-state index contributed by atoms with van der Waals surface area (Å²) in [7, 11) is 1.70. The number of rotatable bonds is 5. The van der Waals surface area contributed by atoms with Gasteiger partial charge in [0.25, 0.3) is 0 Å². The summed E-state index contributed by atoms with van der Waals surface area (Å²) in [6, 6.07) is 12.8. The number of hydrogen-bond donors (Lipinski definition) is 1. The number of ketones is 1. The lowest BCUT2D eigenvalue weighted by molar-refractivity contribution is -0.940. The summed E-state index contributed by atoms with van der Waals surface area (Å²) in [6.45, 7) is 3.55. The van der Waals surface area contributed by atoms with Gasteiger partial charge >= 0.3 is 0 Å². The molecule has 1 unspecified atom stereocenters. The van der Waals surface area contributed by atoms with Crippen molar-refractivity contribution in [1.82, 2.24) is 0 Å². The number of thiophene rings is 2. The first-order valence-corrected chi connectivity index (χ1v) is 10.6. The minimum absolute atomic E-state index is 0.0949. The Morgan fingerprint density at radius 3 is 2.85 bits per heavy atom. The second-order valence-corrected chi connectivity index (χ2v) is 8.65. The van der Waals surface area contributed by atoms with Crippen LogP contribution in [0.4, 0.5) is 0 Å². The molecule has 0 bridgehead atoms. The van der Waals surface area contributed by atoms with Crippen LogP contribution in [0, 0.1) is 0 Å². The minimum atomic E-state index is 0.0949. The van der Waals surface area contributed by atoms with Crippen LogP contribution in [0.15, 0.2) is 47.2 Å². The smallest absolute Gasteiger partial charge is 0.159 e. The van der Waals surface area contributed by atoms with Crippen molar-refractivity contribution in [3.63, 3.8) is 0 Å². The van der Waals surface area contributed by atoms with E-state index in [1.54, 1.807) is 14.0 Å². The molecule has 3 aromatic rings. The van der Waals surface area contributed by atoms with Crippen molar-refractivity contribution in [2.75, 3.05) is 13.7 Å². The van der Waals surface area contributed by atoms with E-state index >= 15 is 0 Å². The van der Waals surface area contributed by atoms with Crippen LogP contribution in [0.2, 0.25) is 0 Å². The largest absolute Gasteiger partial charge is 0.496 e. The van der Waals surface area contributed by atoms with Gasteiger partial charge in [-0.2, -0.15) is 0 Å². The Morgan fingerprint density at radius 2 is 2.12 bits per heavy atom. The highest BCUT2D eigenvalue weighted by Crippen LogP contribution is 2.32. The maximum atomic E-state index is 11.8. The fourth-order valence-corrected chi connectivity index (χ4v) is 5.65. The Kier molecular flexibility index (Phi) is 4.94. The van der Waals surface area contributed by atoms with Crippen molar-refractivity contribution in [3.8, 4) is 5.75 Å². The van der Waals surface area contributed by atoms with Crippen LogP contribution in [-0.2, 0) is 13.0 Å². The van der Waals surface area contributed by atoms with Crippen LogP contribution >= 0.6 is 22.7 Å². The molecule has 2 aromatic heterocycles. The molecule has 1 aliphatic rings. The van der Waals surface area contributed by atoms with Crippen molar-refractivity contribution >= 4 is 28.5 Å². The molecule has 1 N–H and O–H groups in total. The minimum Gasteiger partial charge on any atom is -0.496 e. The number of carbonyl (C=O) groups excluding carboxylic acids is 1. The molecule has 0 fully saturated rings. The van der Waals surface area contributed by atoms with E-state index < -0.39 is 0 Å². The summed E-state index contributed by atoms with van der Waals surface area (Å²) < 4.78 is 5.58. The third kappa shape index (κ3) is 3.22. The fraction of sp³-hybridized carbons (Fsp3) is 0.286. The third-order valence-corrected chi connectivity index (χ3v) is 7.04. The summed E-state index contributed by atoms with van der Waals surface area (Å²) in [5.41, 5.74) is 3.32. The Balaban J connectivity index is 1.71. The number of methoxy groups -OCH3 is 1. The van der Waals surface area contributed by atoms with E-state index in [2.05, 4.69) is 29.0 Å². The normalized spacial score (nSPS) is 19.2. The third-order valence-electron chi connectivity index (χ3n) is 5.10. The van der Waals surface area contributed by atoms with E-state index in [1.165, 1.54) is 20.2 Å². The van der Waals surface area contributed by atoms with Crippen molar-refractivity contribution < 1.29 is 14.4 Å². The number of carbonyl (C=O) groups is 1. The molecular formula is C21H22NO2S2+. The van der Waals surface area contributed by atoms with Crippen molar-refractivity contribution in [2.45, 2.75) is 25.9 Å². The van der Waals surface area contributed by atoms with Gasteiger partial charge in [0.2, 0.25) is 0 Å². The number of ether oxygens (including phenoxy) is 1. The second kappa shape index (κ2) is 7.35. The topological polar surface area (TPSA) is 30.7 Å². The standard InChI is InChI=1S/C21H21NO2S2/c1-14(23)15-5-6-18(24-2)16(12-15)13-22-9-7-19-17(8-11-26-19)21(22)20-4-3-10-25-20/h3-6,8,10-12,21H,7,9,13H2,1-2H3/p+1/t21-/m0/s1. The van der Waals surface area contributed by atoms with E-state index in [0.29, 0.717) is 6.04 Å². The van der Waals surface area contributed by atoms with Crippen LogP contribution in [-0.4, -0.2) is 19.4 Å². The quantitative estimate of drug-likeness (QED) is 0.679. The molecule has 2 atom stereocenters. The maximum absolute atomic E-state index is 11.8. The Hall–Kier alpha value is -1.95. The zero-order valence-corrected chi connectivity index (χ0v) is 16.6. The van der Waals surface area contributed by atoms with Gasteiger partial charge in [0.05, 0.1) is 18.5 Å². The molecule has 134 valence electrons. The fourth-order valence-electron chi connectivity index (χ4n) is 3.83. The van der Waals surface area contributed by atoms with E-state index in [1.807, 2.05) is 40.9 Å². The first kappa shape index (κ1) is 17.5. The number of fused-ring (bicyclic) bond motifs is 1. The lowest BCUT2D eigenvalue weighted by Crippen LogP contribution is -3.12. The van der Waals surface area contributed by atoms with Crippen LogP contribution in [0.25, 0.3) is 0 Å². The first-order valence-electron chi connectivity index (χ1n) is 8.79. The van der Waals surface area contributed by atoms with Gasteiger partial charge in [0, 0.05) is 28.0 Å². The lowest BCUT2D eigenvalue weighted by atomic mass is 9.97. The van der Waals surface area contributed by atoms with Gasteiger partial charge in [-0.25, -0.2) is 0 Å². The highest BCUT2D eigenvalue weighted by atomic mass is 32.1. The molecule has 0 saturated carbocycles. The van der Waals surface area contributed by atoms with Gasteiger partial charge in [-0.05, 0) is 48.0 Å². The molecule has 0 aliphatic carbocycles. The predicted octanol–water partition coefficient (Wildman–Crippen LogP) is 3.75. The molecule has 3 heterocycles. The van der Waals surface area contributed by atoms with Crippen LogP contribution < -0.4 is 9.64 Å². The number of Topliss-reactive ketones (excluding diaryl/α,β-unsaturated/α-hetero) is 1. The Morgan fingerprint density at radius 1 is 1.23 bits per heavy atom. The molecule has 1 aliphatic heterocycles. The van der Waals surface area contributed by atoms with E-state index in [-0.39, 0.29) is 5.78 Å². The summed E-state index contributed by atoms with van der Waals surface area (Å²) in [4.78, 5) is 16.3. The molecule has 3 nitrogen and oxygen atoms in total. The summed E-state index contributed by atoms with van der Waals surface area (Å²) in [6.07, 6.45) is 1.11. The van der Waals surface area contributed by atoms with E-state index in [9.17, 15) is 4.79 Å². The van der Waals surface area contributed by atoms with Crippen LogP contribution in [0.3, 0.4) is 0 Å². The number of benzene rings is 1. The number of quaternary nitrogens is 1. The molecular weight excluding hydrogens is 362 g/mol. The zero-order chi connectivity index (χ0) is 18.1. The van der Waals surface area contributed by atoms with Crippen molar-refractivity contribution in [2.24, 2.45) is 0 Å². The predicted molar refractivity (Wildman–Crippen MR) is 107 cm³/mol. The van der Waals surface area contributed by atoms with Gasteiger partial charge in [-0.3, -0.25) is 4.79 Å². The summed E-state index contributed by atoms with van der Waals surface area (Å²) in [5.74, 6) is 0.959. The monoisotopic (exact) mass is 384 g/mol. The highest BCUT2D eigenvalue weighted by Gasteiger charge is 2.34. The van der Waals surface area contributed by atoms with E-state index in [4.69, 9.17) is 4.74 Å². The van der Waals surface area contributed by atoms with Gasteiger partial charge < -0.3 is 9.64 Å². The molecule has 0 saturated heterocycles. The zero-order valence-electron chi connectivity index (χ0n) is 15.0. The number of nitrogens with one attached hydrogen (secondary N) is 1. The Labute approximate surface area is 161 Å². The molecule has 4 rings (SSSR count). The average molecular weight is 385 g/mol. The molecule has 0 radical (unpaired) electrons. The van der Waals surface area contributed by atoms with Gasteiger partial charge in [0.1, 0.15) is 18.3 Å². The number of hydrogen-bond acceptors (Lipinski definition) is 4. The Bertz CT molecular complexity index is 914. The van der Waals surface area contributed by atoms with E-state index in [0.717, 1.165) is 36.4 Å². The maximum Gasteiger partial charge on any atom is 0.159 e. The SMILES string of the molecule is COc1ccc(C(C)=O)cc1C[NH+]1CCc2sccc2[C@H]1c1cccs1. The molecule has 0 spiro atoms. The first-order chi connectivity index (χ1) is 12.7. The van der Waals surface area contributed by atoms with Crippen LogP contribution in [0.1, 0.15) is 44.2 Å². The molecule has 0 amide bonds. The van der Waals surface area contributed by atoms with Crippen molar-refractivity contribution in [3.05, 3.63) is 73.6 Å². The molecule has 5 heteroatoms. The van der Waals surface area contributed by atoms with Gasteiger partial charge in [0.15, 0.2) is 5.78 Å². The molecule has 26 heavy (non-hydrogen) atoms. The lowest BCUT2D eigenvalue weighted by Gasteiger charge is -2.32. The summed E-state index contributed by atoms with van der Waals surface area (Å²) >= 11 is 3.70. The van der Waals surface area contributed by atoms with Crippen LogP contribution in [0.5, 0.6) is 5.75 Å².